The van der Waals surface area contributed by atoms with E-state index < -0.39 is 8.31 Å². The van der Waals surface area contributed by atoms with Gasteiger partial charge in [-0.25, -0.2) is 0 Å². The monoisotopic (exact) mass is 504 g/mol. The first kappa shape index (κ1) is 18.3. The summed E-state index contributed by atoms with van der Waals surface area (Å²) in [7, 11) is 1.62. The average molecular weight is 507 g/mol. The van der Waals surface area contributed by atoms with Crippen molar-refractivity contribution in [2.75, 3.05) is 12.4 Å². The Bertz CT molecular complexity index is 643. The Morgan fingerprint density at radius 2 is 1.65 bits per heavy atom. The highest BCUT2D eigenvalue weighted by Crippen LogP contribution is 2.37. The number of halogens is 3. The van der Waals surface area contributed by atoms with Crippen LogP contribution in [-0.4, -0.2) is 21.3 Å². The first-order valence-electron chi connectivity index (χ1n) is 6.73. The van der Waals surface area contributed by atoms with Gasteiger partial charge in [0.25, 0.3) is 5.91 Å². The Morgan fingerprint density at radius 3 is 2.17 bits per heavy atom. The zero-order valence-corrected chi connectivity index (χ0v) is 17.0. The molecule has 23 heavy (non-hydrogen) atoms. The van der Waals surface area contributed by atoms with E-state index in [4.69, 9.17) is 4.74 Å². The average Bonchev–Trinajstić information content (AvgIpc) is 2.54. The lowest BCUT2D eigenvalue weighted by atomic mass is 10.2. The Hall–Kier alpha value is -1.05. The topological polar surface area (TPSA) is 50.4 Å². The minimum absolute atomic E-state index is 0.181. The molecule has 2 aromatic rings. The largest absolute Gasteiger partial charge is 0.497 e. The minimum atomic E-state index is -0.711. The molecule has 0 fully saturated rings. The lowest BCUT2D eigenvalue weighted by Crippen LogP contribution is -2.48. The fraction of sp³-hybridized carbons (Fsp3) is 0.188. The third-order valence-corrected chi connectivity index (χ3v) is 4.41. The van der Waals surface area contributed by atoms with Gasteiger partial charge >= 0.3 is 0 Å². The molecule has 0 bridgehead atoms. The van der Waals surface area contributed by atoms with Gasteiger partial charge < -0.3 is 15.4 Å². The van der Waals surface area contributed by atoms with E-state index in [1.807, 2.05) is 42.5 Å². The smallest absolute Gasteiger partial charge is 0.252 e. The highest BCUT2D eigenvalue weighted by molar-refractivity contribution is 9.39. The van der Waals surface area contributed by atoms with Crippen molar-refractivity contribution in [2.45, 2.75) is 8.31 Å². The molecule has 7 heteroatoms. The Kier molecular flexibility index (Phi) is 6.50. The molecular formula is C16H15Br3N2O2. The van der Waals surface area contributed by atoms with E-state index in [1.54, 1.807) is 19.2 Å². The van der Waals surface area contributed by atoms with Crippen LogP contribution < -0.4 is 15.4 Å². The number of anilines is 1. The summed E-state index contributed by atoms with van der Waals surface area (Å²) in [6.45, 7) is 0. The van der Waals surface area contributed by atoms with Crippen molar-refractivity contribution in [3.63, 3.8) is 0 Å². The molecule has 0 unspecified atom stereocenters. The number of benzene rings is 2. The summed E-state index contributed by atoms with van der Waals surface area (Å²) >= 11 is 10.4. The van der Waals surface area contributed by atoms with Crippen LogP contribution in [-0.2, 0) is 0 Å². The molecule has 2 aromatic carbocycles. The fourth-order valence-electron chi connectivity index (χ4n) is 1.86. The van der Waals surface area contributed by atoms with E-state index in [1.165, 1.54) is 0 Å². The minimum Gasteiger partial charge on any atom is -0.497 e. The molecule has 0 heterocycles. The number of nitrogens with one attached hydrogen (secondary N) is 2. The lowest BCUT2D eigenvalue weighted by Gasteiger charge is -2.28. The second-order valence-corrected chi connectivity index (χ2v) is 11.6. The molecule has 1 atom stereocenters. The second-order valence-electron chi connectivity index (χ2n) is 4.69. The molecule has 0 spiro atoms. The summed E-state index contributed by atoms with van der Waals surface area (Å²) in [4.78, 5) is 12.4. The number of alkyl halides is 3. The van der Waals surface area contributed by atoms with Crippen LogP contribution in [0.3, 0.4) is 0 Å². The van der Waals surface area contributed by atoms with Gasteiger partial charge in [0.05, 0.1) is 7.11 Å². The highest BCUT2D eigenvalue weighted by atomic mass is 80.0. The molecule has 2 rings (SSSR count). The van der Waals surface area contributed by atoms with Gasteiger partial charge in [-0.1, -0.05) is 66.0 Å². The van der Waals surface area contributed by atoms with E-state index >= 15 is 0 Å². The van der Waals surface area contributed by atoms with Crippen molar-refractivity contribution in [1.82, 2.24) is 5.32 Å². The van der Waals surface area contributed by atoms with Crippen molar-refractivity contribution in [1.29, 1.82) is 0 Å². The number of rotatable bonds is 5. The zero-order valence-electron chi connectivity index (χ0n) is 12.2. The molecule has 0 aliphatic rings. The predicted molar refractivity (Wildman–Crippen MR) is 104 cm³/mol. The molecule has 0 aromatic heterocycles. The van der Waals surface area contributed by atoms with Gasteiger partial charge in [-0.2, -0.15) is 0 Å². The molecule has 0 aliphatic heterocycles. The zero-order chi connectivity index (χ0) is 16.9. The summed E-state index contributed by atoms with van der Waals surface area (Å²) in [5.74, 6) is 0.586. The first-order chi connectivity index (χ1) is 10.9. The second kappa shape index (κ2) is 8.17. The van der Waals surface area contributed by atoms with E-state index in [0.29, 0.717) is 5.56 Å². The molecule has 0 saturated carbocycles. The molecule has 2 N–H and O–H groups in total. The SMILES string of the molecule is COc1ccc(N[C@@H](NC(=O)c2ccccc2)C(Br)(Br)Br)cc1. The maximum absolute atomic E-state index is 12.4. The third-order valence-electron chi connectivity index (χ3n) is 3.04. The molecule has 4 nitrogen and oxygen atoms in total. The van der Waals surface area contributed by atoms with Gasteiger partial charge in [-0.3, -0.25) is 4.79 Å². The lowest BCUT2D eigenvalue weighted by molar-refractivity contribution is 0.0943. The number of amides is 1. The van der Waals surface area contributed by atoms with E-state index in [0.717, 1.165) is 11.4 Å². The van der Waals surface area contributed by atoms with E-state index in [2.05, 4.69) is 58.4 Å². The van der Waals surface area contributed by atoms with Gasteiger partial charge in [-0.05, 0) is 36.4 Å². The van der Waals surface area contributed by atoms with Gasteiger partial charge in [0.2, 0.25) is 0 Å². The van der Waals surface area contributed by atoms with Crippen LogP contribution in [0.4, 0.5) is 5.69 Å². The first-order valence-corrected chi connectivity index (χ1v) is 9.11. The maximum atomic E-state index is 12.4. The normalized spacial score (nSPS) is 12.3. The van der Waals surface area contributed by atoms with Crippen molar-refractivity contribution < 1.29 is 9.53 Å². The molecular weight excluding hydrogens is 492 g/mol. The Labute approximate surface area is 160 Å². The van der Waals surface area contributed by atoms with Crippen LogP contribution >= 0.6 is 47.8 Å². The number of carbonyl (C=O) groups is 1. The number of hydrogen-bond donors (Lipinski definition) is 2. The summed E-state index contributed by atoms with van der Waals surface area (Å²) < 4.78 is 4.43. The van der Waals surface area contributed by atoms with Crippen LogP contribution in [0.15, 0.2) is 54.6 Å². The summed E-state index contributed by atoms with van der Waals surface area (Å²) in [6.07, 6.45) is -0.455. The van der Waals surface area contributed by atoms with Crippen LogP contribution in [0.1, 0.15) is 10.4 Å². The Morgan fingerprint density at radius 1 is 1.04 bits per heavy atom. The molecule has 122 valence electrons. The highest BCUT2D eigenvalue weighted by Gasteiger charge is 2.32. The fourth-order valence-corrected chi connectivity index (χ4v) is 2.54. The molecule has 0 aliphatic carbocycles. The van der Waals surface area contributed by atoms with Crippen LogP contribution in [0.25, 0.3) is 0 Å². The maximum Gasteiger partial charge on any atom is 0.252 e. The van der Waals surface area contributed by atoms with Crippen molar-refractivity contribution >= 4 is 59.4 Å². The molecule has 1 amide bonds. The Balaban J connectivity index is 2.12. The van der Waals surface area contributed by atoms with Crippen LogP contribution in [0.5, 0.6) is 5.75 Å². The summed E-state index contributed by atoms with van der Waals surface area (Å²) in [5.41, 5.74) is 1.43. The predicted octanol–water partition coefficient (Wildman–Crippen LogP) is 4.70. The number of carbonyl (C=O) groups excluding carboxylic acids is 1. The quantitative estimate of drug-likeness (QED) is 0.456. The number of hydrogen-bond acceptors (Lipinski definition) is 3. The molecule has 0 radical (unpaired) electrons. The third kappa shape index (κ3) is 5.51. The summed E-state index contributed by atoms with van der Waals surface area (Å²) in [6, 6.07) is 16.5. The van der Waals surface area contributed by atoms with Crippen molar-refractivity contribution in [2.24, 2.45) is 0 Å². The van der Waals surface area contributed by atoms with Crippen molar-refractivity contribution in [3.8, 4) is 5.75 Å². The van der Waals surface area contributed by atoms with E-state index in [9.17, 15) is 4.79 Å². The standard InChI is InChI=1S/C16H15Br3N2O2/c1-23-13-9-7-12(8-10-13)20-15(16(17,18)19)21-14(22)11-5-3-2-4-6-11/h2-10,15,20H,1H3,(H,21,22)/t15-/m0/s1. The summed E-state index contributed by atoms with van der Waals surface area (Å²) in [5, 5.41) is 6.17. The van der Waals surface area contributed by atoms with Crippen LogP contribution in [0, 0.1) is 0 Å². The van der Waals surface area contributed by atoms with Gasteiger partial charge in [0.1, 0.15) is 11.9 Å². The van der Waals surface area contributed by atoms with Crippen molar-refractivity contribution in [3.05, 3.63) is 60.2 Å². The van der Waals surface area contributed by atoms with Gasteiger partial charge in [0.15, 0.2) is 2.14 Å². The van der Waals surface area contributed by atoms with E-state index in [-0.39, 0.29) is 5.91 Å². The number of methoxy groups -OCH3 is 1. The molecule has 0 saturated heterocycles. The van der Waals surface area contributed by atoms with Crippen LogP contribution in [0.2, 0.25) is 0 Å². The van der Waals surface area contributed by atoms with Gasteiger partial charge in [-0.15, -0.1) is 0 Å². The van der Waals surface area contributed by atoms with Gasteiger partial charge in [0, 0.05) is 11.3 Å². The number of ether oxygens (including phenoxy) is 1.